The predicted molar refractivity (Wildman–Crippen MR) is 71.8 cm³/mol. The lowest BCUT2D eigenvalue weighted by molar-refractivity contribution is -0.845. The number of quaternary nitrogens is 1. The van der Waals surface area contributed by atoms with Crippen molar-refractivity contribution in [3.05, 3.63) is 48.5 Å². The van der Waals surface area contributed by atoms with Gasteiger partial charge in [0.2, 0.25) is 0 Å². The minimum Gasteiger partial charge on any atom is -0.324 e. The molecule has 0 fully saturated rings. The van der Waals surface area contributed by atoms with Crippen molar-refractivity contribution < 1.29 is 4.48 Å². The Morgan fingerprint density at radius 1 is 1.19 bits per heavy atom. The Labute approximate surface area is 100.0 Å². The molecule has 0 aliphatic carbocycles. The number of nitrogens with zero attached hydrogens (tertiary/aromatic N) is 1. The van der Waals surface area contributed by atoms with Gasteiger partial charge in [-0.05, 0) is 18.9 Å². The molecule has 0 saturated carbocycles. The second kappa shape index (κ2) is 5.86. The van der Waals surface area contributed by atoms with Gasteiger partial charge in [-0.25, -0.2) is 0 Å². The Balaban J connectivity index is 2.30. The molecular weight excluding hydrogens is 194 g/mol. The highest BCUT2D eigenvalue weighted by Crippen LogP contribution is 2.07. The van der Waals surface area contributed by atoms with E-state index in [0.29, 0.717) is 0 Å². The van der Waals surface area contributed by atoms with E-state index in [-0.39, 0.29) is 0 Å². The molecule has 16 heavy (non-hydrogen) atoms. The fourth-order valence-corrected chi connectivity index (χ4v) is 1.53. The molecule has 0 N–H and O–H groups in total. The van der Waals surface area contributed by atoms with Crippen molar-refractivity contribution in [3.8, 4) is 0 Å². The highest BCUT2D eigenvalue weighted by atomic mass is 15.3. The maximum absolute atomic E-state index is 4.05. The van der Waals surface area contributed by atoms with Crippen molar-refractivity contribution in [1.29, 1.82) is 0 Å². The molecule has 0 spiro atoms. The van der Waals surface area contributed by atoms with Crippen LogP contribution in [0.2, 0.25) is 0 Å². The van der Waals surface area contributed by atoms with E-state index in [1.54, 1.807) is 0 Å². The van der Waals surface area contributed by atoms with Crippen molar-refractivity contribution in [3.63, 3.8) is 0 Å². The Morgan fingerprint density at radius 3 is 2.38 bits per heavy atom. The van der Waals surface area contributed by atoms with Crippen LogP contribution in [0.15, 0.2) is 30.3 Å². The Hall–Kier alpha value is -1.08. The van der Waals surface area contributed by atoms with E-state index in [1.165, 1.54) is 17.5 Å². The number of hydrogen-bond donors (Lipinski definition) is 0. The monoisotopic (exact) mass is 217 g/mol. The molecule has 0 atom stereocenters. The lowest BCUT2D eigenvalue weighted by atomic mass is 10.1. The second-order valence-corrected chi connectivity index (χ2v) is 5.11. The smallest absolute Gasteiger partial charge is 0.128 e. The molecular formula is C15H23N+. The van der Waals surface area contributed by atoms with E-state index in [4.69, 9.17) is 0 Å². The van der Waals surface area contributed by atoms with Crippen molar-refractivity contribution in [1.82, 2.24) is 0 Å². The van der Waals surface area contributed by atoms with Crippen LogP contribution in [0.5, 0.6) is 0 Å². The first kappa shape index (κ1) is 13.0. The highest BCUT2D eigenvalue weighted by molar-refractivity contribution is 5.49. The maximum Gasteiger partial charge on any atom is 0.128 e. The zero-order chi connectivity index (χ0) is 12.0. The van der Waals surface area contributed by atoms with Crippen LogP contribution in [0, 0.1) is 14.0 Å². The fraction of sp³-hybridized carbons (Fsp3) is 0.400. The average Bonchev–Trinajstić information content (AvgIpc) is 2.19. The topological polar surface area (TPSA) is 0 Å². The molecule has 0 saturated heterocycles. The lowest BCUT2D eigenvalue weighted by Gasteiger charge is -2.22. The SMILES string of the molecule is [CH2][N+](C)(C)CCC/C=C/c1ccc(C)cc1. The van der Waals surface area contributed by atoms with E-state index in [9.17, 15) is 0 Å². The van der Waals surface area contributed by atoms with Gasteiger partial charge < -0.3 is 4.48 Å². The van der Waals surface area contributed by atoms with Crippen LogP contribution in [0.25, 0.3) is 6.08 Å². The Kier molecular flexibility index (Phi) is 4.75. The molecule has 0 heterocycles. The van der Waals surface area contributed by atoms with Gasteiger partial charge >= 0.3 is 0 Å². The fourth-order valence-electron chi connectivity index (χ4n) is 1.53. The Bertz CT molecular complexity index is 327. The van der Waals surface area contributed by atoms with E-state index in [2.05, 4.69) is 64.5 Å². The quantitative estimate of drug-likeness (QED) is 0.521. The first-order valence-corrected chi connectivity index (χ1v) is 5.88. The summed E-state index contributed by atoms with van der Waals surface area (Å²) in [6.45, 7) is 3.24. The minimum atomic E-state index is 0.804. The van der Waals surface area contributed by atoms with Gasteiger partial charge in [0.25, 0.3) is 0 Å². The van der Waals surface area contributed by atoms with Crippen LogP contribution in [0.1, 0.15) is 24.0 Å². The first-order valence-electron chi connectivity index (χ1n) is 5.88. The summed E-state index contributed by atoms with van der Waals surface area (Å²) in [4.78, 5) is 0. The molecule has 1 aromatic rings. The predicted octanol–water partition coefficient (Wildman–Crippen LogP) is 3.66. The summed E-state index contributed by atoms with van der Waals surface area (Å²) in [5, 5.41) is 0. The van der Waals surface area contributed by atoms with Gasteiger partial charge in [0, 0.05) is 6.42 Å². The summed E-state index contributed by atoms with van der Waals surface area (Å²) >= 11 is 0. The van der Waals surface area contributed by atoms with Gasteiger partial charge in [0.15, 0.2) is 0 Å². The molecule has 1 heteroatoms. The van der Waals surface area contributed by atoms with E-state index in [0.717, 1.165) is 17.4 Å². The third kappa shape index (κ3) is 5.72. The molecule has 0 aliphatic heterocycles. The average molecular weight is 217 g/mol. The first-order chi connectivity index (χ1) is 7.47. The third-order valence-corrected chi connectivity index (χ3v) is 2.52. The van der Waals surface area contributed by atoms with E-state index >= 15 is 0 Å². The molecule has 1 radical (unpaired) electrons. The van der Waals surface area contributed by atoms with Crippen LogP contribution in [-0.4, -0.2) is 25.1 Å². The summed E-state index contributed by atoms with van der Waals surface area (Å²) < 4.78 is 0.804. The second-order valence-electron chi connectivity index (χ2n) is 5.11. The zero-order valence-corrected chi connectivity index (χ0v) is 10.7. The number of rotatable bonds is 5. The Morgan fingerprint density at radius 2 is 1.81 bits per heavy atom. The minimum absolute atomic E-state index is 0.804. The molecule has 0 unspecified atom stereocenters. The van der Waals surface area contributed by atoms with Crippen LogP contribution >= 0.6 is 0 Å². The number of aryl methyl sites for hydroxylation is 1. The normalized spacial score (nSPS) is 12.2. The number of benzene rings is 1. The van der Waals surface area contributed by atoms with Gasteiger partial charge in [-0.2, -0.15) is 0 Å². The maximum atomic E-state index is 4.05. The molecule has 0 aromatic heterocycles. The van der Waals surface area contributed by atoms with E-state index < -0.39 is 0 Å². The van der Waals surface area contributed by atoms with Crippen molar-refractivity contribution in [2.45, 2.75) is 19.8 Å². The molecule has 1 nitrogen and oxygen atoms in total. The van der Waals surface area contributed by atoms with E-state index in [1.807, 2.05) is 0 Å². The third-order valence-electron chi connectivity index (χ3n) is 2.52. The molecule has 1 aromatic carbocycles. The number of unbranched alkanes of at least 4 members (excludes halogenated alkanes) is 1. The van der Waals surface area contributed by atoms with Crippen LogP contribution in [0.4, 0.5) is 0 Å². The van der Waals surface area contributed by atoms with Crippen LogP contribution < -0.4 is 0 Å². The van der Waals surface area contributed by atoms with Gasteiger partial charge in [0.05, 0.1) is 20.6 Å². The summed E-state index contributed by atoms with van der Waals surface area (Å²) in [6, 6.07) is 8.62. The molecule has 1 rings (SSSR count). The van der Waals surface area contributed by atoms with Crippen LogP contribution in [0.3, 0.4) is 0 Å². The van der Waals surface area contributed by atoms with Crippen molar-refractivity contribution in [2.24, 2.45) is 0 Å². The molecule has 0 amide bonds. The van der Waals surface area contributed by atoms with Crippen molar-refractivity contribution >= 4 is 6.08 Å². The number of allylic oxidation sites excluding steroid dienone is 1. The number of hydrogen-bond acceptors (Lipinski definition) is 0. The van der Waals surface area contributed by atoms with Gasteiger partial charge in [-0.15, -0.1) is 0 Å². The molecule has 0 bridgehead atoms. The standard InChI is InChI=1S/C15H23N/c1-14-9-11-15(12-10-14)8-6-5-7-13-16(2,3)4/h6,8-12H,2,5,7,13H2,1,3-4H3/q+1/b8-6+. The largest absolute Gasteiger partial charge is 0.324 e. The molecule has 87 valence electrons. The van der Waals surface area contributed by atoms with Gasteiger partial charge in [0.1, 0.15) is 7.05 Å². The summed E-state index contributed by atoms with van der Waals surface area (Å²) in [7, 11) is 8.31. The summed E-state index contributed by atoms with van der Waals surface area (Å²) in [6.07, 6.45) is 6.77. The van der Waals surface area contributed by atoms with Gasteiger partial charge in [-0.3, -0.25) is 0 Å². The van der Waals surface area contributed by atoms with Gasteiger partial charge in [-0.1, -0.05) is 42.0 Å². The van der Waals surface area contributed by atoms with Crippen molar-refractivity contribution in [2.75, 3.05) is 20.6 Å². The summed E-state index contributed by atoms with van der Waals surface area (Å²) in [5.74, 6) is 0. The highest BCUT2D eigenvalue weighted by Gasteiger charge is 2.04. The van der Waals surface area contributed by atoms with Crippen LogP contribution in [-0.2, 0) is 0 Å². The lowest BCUT2D eigenvalue weighted by Crippen LogP contribution is -2.32. The molecule has 0 aliphatic rings. The summed E-state index contributed by atoms with van der Waals surface area (Å²) in [5.41, 5.74) is 2.60. The zero-order valence-electron chi connectivity index (χ0n) is 10.7.